The Bertz CT molecular complexity index is 418. The Morgan fingerprint density at radius 2 is 2.28 bits per heavy atom. The van der Waals surface area contributed by atoms with Gasteiger partial charge in [-0.2, -0.15) is 0 Å². The van der Waals surface area contributed by atoms with Crippen molar-refractivity contribution in [2.45, 2.75) is 26.3 Å². The van der Waals surface area contributed by atoms with E-state index in [1.807, 2.05) is 26.0 Å². The lowest BCUT2D eigenvalue weighted by Crippen LogP contribution is -2.44. The maximum absolute atomic E-state index is 11.6. The van der Waals surface area contributed by atoms with Gasteiger partial charge in [-0.1, -0.05) is 32.0 Å². The maximum Gasteiger partial charge on any atom is 0.407 e. The molecule has 4 heteroatoms. The van der Waals surface area contributed by atoms with Gasteiger partial charge in [-0.15, -0.1) is 0 Å². The topological polar surface area (TPSA) is 50.4 Å². The first-order chi connectivity index (χ1) is 8.65. The standard InChI is InChI=1S/C14H20N2O2/c1-10(2)9-18-14(17)16-12-7-11-5-3-4-6-13(11)15-8-12/h3-6,10,12,15H,7-9H2,1-2H3,(H,16,17). The van der Waals surface area contributed by atoms with E-state index in [0.717, 1.165) is 18.7 Å². The van der Waals surface area contributed by atoms with Gasteiger partial charge >= 0.3 is 6.09 Å². The van der Waals surface area contributed by atoms with Crippen LogP contribution in [0.25, 0.3) is 0 Å². The van der Waals surface area contributed by atoms with Crippen molar-refractivity contribution in [1.29, 1.82) is 0 Å². The average Bonchev–Trinajstić information content (AvgIpc) is 2.36. The zero-order chi connectivity index (χ0) is 13.0. The summed E-state index contributed by atoms with van der Waals surface area (Å²) < 4.78 is 5.12. The highest BCUT2D eigenvalue weighted by molar-refractivity contribution is 5.68. The summed E-state index contributed by atoms with van der Waals surface area (Å²) in [6, 6.07) is 8.26. The molecule has 0 aliphatic carbocycles. The van der Waals surface area contributed by atoms with Gasteiger partial charge in [-0.05, 0) is 24.0 Å². The highest BCUT2D eigenvalue weighted by atomic mass is 16.5. The van der Waals surface area contributed by atoms with Crippen molar-refractivity contribution in [2.75, 3.05) is 18.5 Å². The van der Waals surface area contributed by atoms with Gasteiger partial charge in [0.05, 0.1) is 12.6 Å². The van der Waals surface area contributed by atoms with Gasteiger partial charge in [0, 0.05) is 12.2 Å². The highest BCUT2D eigenvalue weighted by Crippen LogP contribution is 2.20. The number of anilines is 1. The molecule has 0 saturated carbocycles. The third-order valence-corrected chi connectivity index (χ3v) is 2.89. The second-order valence-electron chi connectivity index (χ2n) is 5.08. The SMILES string of the molecule is CC(C)COC(=O)NC1CNc2ccccc2C1. The molecule has 0 aromatic heterocycles. The zero-order valence-corrected chi connectivity index (χ0v) is 10.9. The molecule has 0 spiro atoms. The van der Waals surface area contributed by atoms with Crippen molar-refractivity contribution in [2.24, 2.45) is 5.92 Å². The lowest BCUT2D eigenvalue weighted by Gasteiger charge is -2.26. The normalized spacial score (nSPS) is 17.8. The zero-order valence-electron chi connectivity index (χ0n) is 10.9. The number of alkyl carbamates (subject to hydrolysis) is 1. The number of hydrogen-bond acceptors (Lipinski definition) is 3. The van der Waals surface area contributed by atoms with Gasteiger partial charge in [0.1, 0.15) is 0 Å². The molecule has 2 rings (SSSR count). The third-order valence-electron chi connectivity index (χ3n) is 2.89. The Hall–Kier alpha value is -1.71. The Kier molecular flexibility index (Phi) is 4.07. The molecule has 1 atom stereocenters. The number of para-hydroxylation sites is 1. The van der Waals surface area contributed by atoms with E-state index in [9.17, 15) is 4.79 Å². The van der Waals surface area contributed by atoms with E-state index >= 15 is 0 Å². The summed E-state index contributed by atoms with van der Waals surface area (Å²) in [7, 11) is 0. The van der Waals surface area contributed by atoms with Gasteiger partial charge in [0.15, 0.2) is 0 Å². The number of hydrogen-bond donors (Lipinski definition) is 2. The highest BCUT2D eigenvalue weighted by Gasteiger charge is 2.19. The van der Waals surface area contributed by atoms with E-state index in [2.05, 4.69) is 22.8 Å². The number of benzene rings is 1. The van der Waals surface area contributed by atoms with E-state index < -0.39 is 0 Å². The van der Waals surface area contributed by atoms with E-state index in [1.165, 1.54) is 5.56 Å². The van der Waals surface area contributed by atoms with Crippen LogP contribution < -0.4 is 10.6 Å². The summed E-state index contributed by atoms with van der Waals surface area (Å²) in [4.78, 5) is 11.6. The fourth-order valence-corrected chi connectivity index (χ4v) is 1.99. The summed E-state index contributed by atoms with van der Waals surface area (Å²) in [5.41, 5.74) is 2.39. The van der Waals surface area contributed by atoms with Crippen molar-refractivity contribution in [3.8, 4) is 0 Å². The Labute approximate surface area is 108 Å². The molecule has 0 radical (unpaired) electrons. The molecule has 0 fully saturated rings. The van der Waals surface area contributed by atoms with Gasteiger partial charge in [-0.25, -0.2) is 4.79 Å². The monoisotopic (exact) mass is 248 g/mol. The number of carbonyl (C=O) groups is 1. The first-order valence-corrected chi connectivity index (χ1v) is 6.40. The Balaban J connectivity index is 1.84. The molecule has 18 heavy (non-hydrogen) atoms. The number of nitrogens with one attached hydrogen (secondary N) is 2. The molecule has 1 amide bonds. The number of fused-ring (bicyclic) bond motifs is 1. The van der Waals surface area contributed by atoms with Gasteiger partial charge < -0.3 is 15.4 Å². The van der Waals surface area contributed by atoms with Crippen molar-refractivity contribution in [1.82, 2.24) is 5.32 Å². The lowest BCUT2D eigenvalue weighted by molar-refractivity contribution is 0.129. The average molecular weight is 248 g/mol. The molecule has 1 heterocycles. The molecule has 0 bridgehead atoms. The maximum atomic E-state index is 11.6. The van der Waals surface area contributed by atoms with Gasteiger partial charge in [0.25, 0.3) is 0 Å². The second kappa shape index (κ2) is 5.76. The molecule has 1 aliphatic heterocycles. The minimum Gasteiger partial charge on any atom is -0.449 e. The summed E-state index contributed by atoms with van der Waals surface area (Å²) in [6.45, 7) is 5.24. The minimum atomic E-state index is -0.324. The minimum absolute atomic E-state index is 0.0968. The van der Waals surface area contributed by atoms with Crippen molar-refractivity contribution in [3.63, 3.8) is 0 Å². The number of amides is 1. The van der Waals surface area contributed by atoms with E-state index in [-0.39, 0.29) is 12.1 Å². The second-order valence-corrected chi connectivity index (χ2v) is 5.08. The molecule has 2 N–H and O–H groups in total. The molecular weight excluding hydrogens is 228 g/mol. The Morgan fingerprint density at radius 3 is 3.06 bits per heavy atom. The predicted octanol–water partition coefficient (Wildman–Crippen LogP) is 2.41. The first-order valence-electron chi connectivity index (χ1n) is 6.40. The predicted molar refractivity (Wildman–Crippen MR) is 71.7 cm³/mol. The number of rotatable bonds is 3. The van der Waals surface area contributed by atoms with Crippen molar-refractivity contribution >= 4 is 11.8 Å². The lowest BCUT2D eigenvalue weighted by atomic mass is 10.00. The molecule has 4 nitrogen and oxygen atoms in total. The largest absolute Gasteiger partial charge is 0.449 e. The van der Waals surface area contributed by atoms with Crippen LogP contribution in [0, 0.1) is 5.92 Å². The van der Waals surface area contributed by atoms with E-state index in [4.69, 9.17) is 4.74 Å². The Morgan fingerprint density at radius 1 is 1.50 bits per heavy atom. The number of carbonyl (C=O) groups excluding carboxylic acids is 1. The van der Waals surface area contributed by atoms with Crippen LogP contribution in [0.15, 0.2) is 24.3 Å². The quantitative estimate of drug-likeness (QED) is 0.863. The van der Waals surface area contributed by atoms with Crippen LogP contribution >= 0.6 is 0 Å². The fraction of sp³-hybridized carbons (Fsp3) is 0.500. The van der Waals surface area contributed by atoms with Crippen LogP contribution in [0.2, 0.25) is 0 Å². The molecule has 1 aromatic carbocycles. The molecule has 1 aromatic rings. The van der Waals surface area contributed by atoms with Crippen LogP contribution in [0.3, 0.4) is 0 Å². The molecule has 0 saturated heterocycles. The summed E-state index contributed by atoms with van der Waals surface area (Å²) >= 11 is 0. The van der Waals surface area contributed by atoms with Crippen molar-refractivity contribution in [3.05, 3.63) is 29.8 Å². The van der Waals surface area contributed by atoms with Crippen LogP contribution in [-0.4, -0.2) is 25.3 Å². The van der Waals surface area contributed by atoms with E-state index in [1.54, 1.807) is 0 Å². The van der Waals surface area contributed by atoms with Crippen LogP contribution in [-0.2, 0) is 11.2 Å². The number of ether oxygens (including phenoxy) is 1. The molecule has 1 aliphatic rings. The van der Waals surface area contributed by atoms with E-state index in [0.29, 0.717) is 12.5 Å². The van der Waals surface area contributed by atoms with Gasteiger partial charge in [0.2, 0.25) is 0 Å². The third kappa shape index (κ3) is 3.39. The van der Waals surface area contributed by atoms with Crippen LogP contribution in [0.1, 0.15) is 19.4 Å². The summed E-state index contributed by atoms with van der Waals surface area (Å²) in [6.07, 6.45) is 0.523. The van der Waals surface area contributed by atoms with Crippen molar-refractivity contribution < 1.29 is 9.53 Å². The fourth-order valence-electron chi connectivity index (χ4n) is 1.99. The molecule has 1 unspecified atom stereocenters. The summed E-state index contributed by atoms with van der Waals surface area (Å²) in [5, 5.41) is 6.20. The summed E-state index contributed by atoms with van der Waals surface area (Å²) in [5.74, 6) is 0.362. The molecule has 98 valence electrons. The van der Waals surface area contributed by atoms with Crippen LogP contribution in [0.5, 0.6) is 0 Å². The molecular formula is C14H20N2O2. The van der Waals surface area contributed by atoms with Gasteiger partial charge in [-0.3, -0.25) is 0 Å². The first kappa shape index (κ1) is 12.7. The smallest absolute Gasteiger partial charge is 0.407 e. The van der Waals surface area contributed by atoms with Crippen LogP contribution in [0.4, 0.5) is 10.5 Å².